The summed E-state index contributed by atoms with van der Waals surface area (Å²) in [5.41, 5.74) is 2.29. The van der Waals surface area contributed by atoms with Gasteiger partial charge in [-0.25, -0.2) is 0 Å². The lowest BCUT2D eigenvalue weighted by atomic mass is 10.1. The second kappa shape index (κ2) is 5.37. The second-order valence-corrected chi connectivity index (χ2v) is 4.91. The molecule has 2 aromatic heterocycles. The van der Waals surface area contributed by atoms with Gasteiger partial charge in [-0.3, -0.25) is 4.68 Å². The normalized spacial score (nSPS) is 12.9. The predicted molar refractivity (Wildman–Crippen MR) is 68.0 cm³/mol. The van der Waals surface area contributed by atoms with E-state index in [1.165, 1.54) is 22.0 Å². The third kappa shape index (κ3) is 2.89. The third-order valence-electron chi connectivity index (χ3n) is 2.83. The molecule has 0 amide bonds. The zero-order valence-corrected chi connectivity index (χ0v) is 11.2. The van der Waals surface area contributed by atoms with E-state index in [4.69, 9.17) is 0 Å². The molecule has 2 rings (SSSR count). The maximum Gasteiger partial charge on any atom is 0.0772 e. The van der Waals surface area contributed by atoms with Crippen molar-refractivity contribution in [1.29, 1.82) is 0 Å². The molecule has 0 aliphatic heterocycles. The third-order valence-corrected chi connectivity index (χ3v) is 3.77. The first kappa shape index (κ1) is 12.2. The molecule has 1 unspecified atom stereocenters. The molecule has 6 heteroatoms. The fourth-order valence-electron chi connectivity index (χ4n) is 1.88. The van der Waals surface area contributed by atoms with Crippen molar-refractivity contribution in [2.75, 3.05) is 7.05 Å². The van der Waals surface area contributed by atoms with Gasteiger partial charge in [0.15, 0.2) is 0 Å². The number of nitrogens with one attached hydrogen (secondary N) is 1. The lowest BCUT2D eigenvalue weighted by Gasteiger charge is -2.13. The first-order chi connectivity index (χ1) is 8.20. The van der Waals surface area contributed by atoms with Crippen molar-refractivity contribution >= 4 is 11.5 Å². The Morgan fingerprint density at radius 1 is 1.53 bits per heavy atom. The predicted octanol–water partition coefficient (Wildman–Crippen LogP) is 1.47. The number of nitrogens with zero attached hydrogens (tertiary/aromatic N) is 4. The van der Waals surface area contributed by atoms with E-state index in [0.717, 1.165) is 18.5 Å². The monoisotopic (exact) mass is 251 g/mol. The summed E-state index contributed by atoms with van der Waals surface area (Å²) < 4.78 is 5.82. The SMILES string of the molecule is CNC(CCc1cnn(C)c1)c1snnc1C. The molecule has 0 fully saturated rings. The van der Waals surface area contributed by atoms with Crippen LogP contribution in [0.3, 0.4) is 0 Å². The highest BCUT2D eigenvalue weighted by Crippen LogP contribution is 2.23. The van der Waals surface area contributed by atoms with Gasteiger partial charge in [0.05, 0.1) is 16.8 Å². The minimum Gasteiger partial charge on any atom is -0.312 e. The Kier molecular flexibility index (Phi) is 3.86. The average Bonchev–Trinajstić information content (AvgIpc) is 2.90. The summed E-state index contributed by atoms with van der Waals surface area (Å²) in [5.74, 6) is 0. The van der Waals surface area contributed by atoms with Crippen molar-refractivity contribution in [2.45, 2.75) is 25.8 Å². The summed E-state index contributed by atoms with van der Waals surface area (Å²) in [5, 5.41) is 11.6. The van der Waals surface area contributed by atoms with Crippen LogP contribution in [0.5, 0.6) is 0 Å². The number of hydrogen-bond acceptors (Lipinski definition) is 5. The molecule has 0 bridgehead atoms. The molecule has 0 aliphatic carbocycles. The Hall–Kier alpha value is -1.27. The van der Waals surface area contributed by atoms with Crippen LogP contribution in [0.4, 0.5) is 0 Å². The van der Waals surface area contributed by atoms with Gasteiger partial charge in [-0.1, -0.05) is 4.49 Å². The molecule has 17 heavy (non-hydrogen) atoms. The Labute approximate surface area is 105 Å². The molecule has 1 atom stereocenters. The fraction of sp³-hybridized carbons (Fsp3) is 0.545. The van der Waals surface area contributed by atoms with E-state index in [-0.39, 0.29) is 0 Å². The molecular weight excluding hydrogens is 234 g/mol. The maximum absolute atomic E-state index is 4.17. The molecule has 0 aliphatic rings. The molecule has 0 aromatic carbocycles. The Morgan fingerprint density at radius 3 is 2.88 bits per heavy atom. The molecule has 0 saturated carbocycles. The lowest BCUT2D eigenvalue weighted by Crippen LogP contribution is -2.16. The van der Waals surface area contributed by atoms with Gasteiger partial charge in [-0.2, -0.15) is 5.10 Å². The van der Waals surface area contributed by atoms with E-state index in [1.807, 2.05) is 31.9 Å². The van der Waals surface area contributed by atoms with Gasteiger partial charge in [0.2, 0.25) is 0 Å². The highest BCUT2D eigenvalue weighted by atomic mass is 32.1. The highest BCUT2D eigenvalue weighted by molar-refractivity contribution is 7.05. The molecule has 5 nitrogen and oxygen atoms in total. The Morgan fingerprint density at radius 2 is 2.35 bits per heavy atom. The summed E-state index contributed by atoms with van der Waals surface area (Å²) >= 11 is 1.48. The van der Waals surface area contributed by atoms with Gasteiger partial charge in [0.1, 0.15) is 0 Å². The van der Waals surface area contributed by atoms with E-state index in [1.54, 1.807) is 0 Å². The van der Waals surface area contributed by atoms with E-state index < -0.39 is 0 Å². The Balaban J connectivity index is 1.99. The lowest BCUT2D eigenvalue weighted by molar-refractivity contribution is 0.554. The highest BCUT2D eigenvalue weighted by Gasteiger charge is 2.15. The van der Waals surface area contributed by atoms with Crippen molar-refractivity contribution in [1.82, 2.24) is 24.7 Å². The van der Waals surface area contributed by atoms with Gasteiger partial charge in [-0.15, -0.1) is 5.10 Å². The zero-order valence-electron chi connectivity index (χ0n) is 10.3. The topological polar surface area (TPSA) is 55.6 Å². The molecule has 0 radical (unpaired) electrons. The van der Waals surface area contributed by atoms with Crippen molar-refractivity contribution in [3.05, 3.63) is 28.5 Å². The van der Waals surface area contributed by atoms with Crippen LogP contribution in [0, 0.1) is 6.92 Å². The van der Waals surface area contributed by atoms with Crippen molar-refractivity contribution in [3.8, 4) is 0 Å². The summed E-state index contributed by atoms with van der Waals surface area (Å²) in [6.45, 7) is 2.01. The summed E-state index contributed by atoms with van der Waals surface area (Å²) in [6.07, 6.45) is 6.03. The van der Waals surface area contributed by atoms with Crippen molar-refractivity contribution in [3.63, 3.8) is 0 Å². The molecule has 0 spiro atoms. The standard InChI is InChI=1S/C11H17N5S/c1-8-11(17-15-14-8)10(12-2)5-4-9-6-13-16(3)7-9/h6-7,10,12H,4-5H2,1-3H3. The van der Waals surface area contributed by atoms with E-state index in [2.05, 4.69) is 26.2 Å². The zero-order chi connectivity index (χ0) is 12.3. The number of aryl methyl sites for hydroxylation is 3. The van der Waals surface area contributed by atoms with E-state index >= 15 is 0 Å². The first-order valence-corrected chi connectivity index (χ1v) is 6.41. The molecule has 1 N–H and O–H groups in total. The van der Waals surface area contributed by atoms with Gasteiger partial charge < -0.3 is 5.32 Å². The molecule has 2 aromatic rings. The fourth-order valence-corrected chi connectivity index (χ4v) is 2.66. The van der Waals surface area contributed by atoms with Crippen LogP contribution in [0.1, 0.15) is 28.6 Å². The van der Waals surface area contributed by atoms with E-state index in [9.17, 15) is 0 Å². The molecule has 2 heterocycles. The molecule has 92 valence electrons. The summed E-state index contributed by atoms with van der Waals surface area (Å²) in [7, 11) is 3.92. The number of aromatic nitrogens is 4. The van der Waals surface area contributed by atoms with Crippen LogP contribution in [0.25, 0.3) is 0 Å². The minimum atomic E-state index is 0.329. The largest absolute Gasteiger partial charge is 0.312 e. The van der Waals surface area contributed by atoms with Crippen LogP contribution in [0.15, 0.2) is 12.4 Å². The van der Waals surface area contributed by atoms with Crippen LogP contribution in [0.2, 0.25) is 0 Å². The first-order valence-electron chi connectivity index (χ1n) is 5.64. The number of rotatable bonds is 5. The van der Waals surface area contributed by atoms with Crippen molar-refractivity contribution in [2.24, 2.45) is 7.05 Å². The van der Waals surface area contributed by atoms with Crippen LogP contribution in [-0.2, 0) is 13.5 Å². The van der Waals surface area contributed by atoms with Gasteiger partial charge in [0, 0.05) is 19.3 Å². The van der Waals surface area contributed by atoms with Gasteiger partial charge >= 0.3 is 0 Å². The molecule has 0 saturated heterocycles. The number of hydrogen-bond donors (Lipinski definition) is 1. The smallest absolute Gasteiger partial charge is 0.0772 e. The van der Waals surface area contributed by atoms with Gasteiger partial charge in [-0.05, 0) is 43.9 Å². The van der Waals surface area contributed by atoms with Crippen LogP contribution < -0.4 is 5.32 Å². The summed E-state index contributed by atoms with van der Waals surface area (Å²) in [6, 6.07) is 0.329. The average molecular weight is 251 g/mol. The quantitative estimate of drug-likeness (QED) is 0.874. The van der Waals surface area contributed by atoms with Crippen LogP contribution >= 0.6 is 11.5 Å². The summed E-state index contributed by atoms with van der Waals surface area (Å²) in [4.78, 5) is 1.23. The van der Waals surface area contributed by atoms with E-state index in [0.29, 0.717) is 6.04 Å². The molecular formula is C11H17N5S. The van der Waals surface area contributed by atoms with Gasteiger partial charge in [0.25, 0.3) is 0 Å². The minimum absolute atomic E-state index is 0.329. The maximum atomic E-state index is 4.17. The van der Waals surface area contributed by atoms with Crippen LogP contribution in [-0.4, -0.2) is 26.4 Å². The van der Waals surface area contributed by atoms with Crippen molar-refractivity contribution < 1.29 is 0 Å². The Bertz CT molecular complexity index is 476. The second-order valence-electron chi connectivity index (χ2n) is 4.12.